The molecule has 0 bridgehead atoms. The third-order valence-electron chi connectivity index (χ3n) is 4.99. The van der Waals surface area contributed by atoms with E-state index in [1.165, 1.54) is 34.4 Å². The molecule has 0 radical (unpaired) electrons. The van der Waals surface area contributed by atoms with Gasteiger partial charge in [0.2, 0.25) is 10.0 Å². The number of nitro groups is 1. The molecule has 31 heavy (non-hydrogen) atoms. The van der Waals surface area contributed by atoms with Gasteiger partial charge in [-0.1, -0.05) is 41.4 Å². The van der Waals surface area contributed by atoms with E-state index in [0.717, 1.165) is 20.5 Å². The van der Waals surface area contributed by atoms with Crippen LogP contribution in [0.25, 0.3) is 10.1 Å². The van der Waals surface area contributed by atoms with Crippen molar-refractivity contribution < 1.29 is 18.1 Å². The summed E-state index contributed by atoms with van der Waals surface area (Å²) in [6, 6.07) is 10.4. The Kier molecular flexibility index (Phi) is 5.93. The number of amides is 1. The van der Waals surface area contributed by atoms with E-state index in [9.17, 15) is 23.3 Å². The first-order valence-corrected chi connectivity index (χ1v) is 12.1. The maximum absolute atomic E-state index is 13.0. The summed E-state index contributed by atoms with van der Waals surface area (Å²) in [7, 11) is -4.07. The van der Waals surface area contributed by atoms with E-state index in [1.807, 2.05) is 0 Å². The molecule has 1 aliphatic heterocycles. The van der Waals surface area contributed by atoms with Crippen LogP contribution in [0.3, 0.4) is 0 Å². The van der Waals surface area contributed by atoms with E-state index in [1.54, 1.807) is 18.2 Å². The van der Waals surface area contributed by atoms with Gasteiger partial charge in [-0.25, -0.2) is 8.42 Å². The van der Waals surface area contributed by atoms with Gasteiger partial charge in [-0.3, -0.25) is 14.9 Å². The minimum absolute atomic E-state index is 0.0223. The van der Waals surface area contributed by atoms with Gasteiger partial charge in [0.15, 0.2) is 4.90 Å². The number of hydrogen-bond donors (Lipinski definition) is 0. The van der Waals surface area contributed by atoms with Crippen molar-refractivity contribution in [3.63, 3.8) is 0 Å². The lowest BCUT2D eigenvalue weighted by atomic mass is 10.2. The van der Waals surface area contributed by atoms with Crippen LogP contribution in [0.15, 0.2) is 47.4 Å². The van der Waals surface area contributed by atoms with Crippen molar-refractivity contribution in [3.05, 3.63) is 67.5 Å². The van der Waals surface area contributed by atoms with Gasteiger partial charge in [0.05, 0.1) is 9.95 Å². The number of rotatable bonds is 4. The molecule has 162 valence electrons. The van der Waals surface area contributed by atoms with Crippen molar-refractivity contribution in [3.8, 4) is 0 Å². The molecule has 3 aromatic rings. The molecule has 1 aliphatic rings. The fraction of sp³-hybridized carbons (Fsp3) is 0.211. The van der Waals surface area contributed by atoms with Gasteiger partial charge in [0, 0.05) is 47.4 Å². The van der Waals surface area contributed by atoms with E-state index >= 15 is 0 Å². The van der Waals surface area contributed by atoms with Gasteiger partial charge in [0.25, 0.3) is 11.6 Å². The molecule has 1 fully saturated rings. The molecule has 0 atom stereocenters. The number of benzene rings is 2. The highest BCUT2D eigenvalue weighted by Gasteiger charge is 2.35. The standard InChI is InChI=1S/C19H15Cl2N3O5S2/c20-12-5-6-13-15(11-12)30-18(17(13)21)19(25)22-7-9-23(10-8-22)31(28,29)16-4-2-1-3-14(16)24(26)27/h1-6,11H,7-10H2. The molecule has 2 aromatic carbocycles. The smallest absolute Gasteiger partial charge is 0.289 e. The van der Waals surface area contributed by atoms with Crippen LogP contribution in [-0.4, -0.2) is 54.6 Å². The molecule has 12 heteroatoms. The Morgan fingerprint density at radius 3 is 2.42 bits per heavy atom. The number of thiophene rings is 1. The molecular formula is C19H15Cl2N3O5S2. The highest BCUT2D eigenvalue weighted by Crippen LogP contribution is 2.37. The van der Waals surface area contributed by atoms with E-state index in [0.29, 0.717) is 14.9 Å². The fourth-order valence-electron chi connectivity index (χ4n) is 3.42. The summed E-state index contributed by atoms with van der Waals surface area (Å²) in [6.45, 7) is 0.330. The number of para-hydroxylation sites is 1. The molecule has 8 nitrogen and oxygen atoms in total. The number of nitrogens with zero attached hydrogens (tertiary/aromatic N) is 3. The van der Waals surface area contributed by atoms with Crippen molar-refractivity contribution in [1.82, 2.24) is 9.21 Å². The van der Waals surface area contributed by atoms with Crippen LogP contribution in [0.5, 0.6) is 0 Å². The summed E-state index contributed by atoms with van der Waals surface area (Å²) in [4.78, 5) is 25.1. The predicted molar refractivity (Wildman–Crippen MR) is 120 cm³/mol. The van der Waals surface area contributed by atoms with E-state index in [2.05, 4.69) is 0 Å². The zero-order chi connectivity index (χ0) is 22.3. The average Bonchev–Trinajstić information content (AvgIpc) is 3.08. The number of piperazine rings is 1. The topological polar surface area (TPSA) is 101 Å². The Morgan fingerprint density at radius 1 is 1.06 bits per heavy atom. The van der Waals surface area contributed by atoms with Gasteiger partial charge in [-0.05, 0) is 18.2 Å². The number of hydrogen-bond acceptors (Lipinski definition) is 6. The zero-order valence-electron chi connectivity index (χ0n) is 15.8. The summed E-state index contributed by atoms with van der Waals surface area (Å²) >= 11 is 13.6. The number of carbonyl (C=O) groups is 1. The first kappa shape index (κ1) is 22.0. The van der Waals surface area contributed by atoms with Crippen molar-refractivity contribution >= 4 is 66.2 Å². The highest BCUT2D eigenvalue weighted by molar-refractivity contribution is 7.89. The maximum atomic E-state index is 13.0. The second kappa shape index (κ2) is 8.36. The quantitative estimate of drug-likeness (QED) is 0.394. The number of halogens is 2. The Bertz CT molecular complexity index is 1300. The molecule has 0 N–H and O–H groups in total. The Morgan fingerprint density at radius 2 is 1.74 bits per heavy atom. The monoisotopic (exact) mass is 499 g/mol. The number of carbonyl (C=O) groups excluding carboxylic acids is 1. The lowest BCUT2D eigenvalue weighted by Crippen LogP contribution is -2.50. The minimum Gasteiger partial charge on any atom is -0.335 e. The maximum Gasteiger partial charge on any atom is 0.289 e. The molecule has 4 rings (SSSR count). The summed E-state index contributed by atoms with van der Waals surface area (Å²) in [6.07, 6.45) is 0. The van der Waals surface area contributed by atoms with Crippen LogP contribution in [0, 0.1) is 10.1 Å². The molecule has 1 saturated heterocycles. The number of nitro benzene ring substituents is 1. The second-order valence-corrected chi connectivity index (χ2v) is 10.6. The first-order chi connectivity index (χ1) is 14.7. The molecule has 0 spiro atoms. The van der Waals surface area contributed by atoms with Crippen LogP contribution in [-0.2, 0) is 10.0 Å². The Balaban J connectivity index is 1.53. The SMILES string of the molecule is O=C(c1sc2cc(Cl)ccc2c1Cl)N1CCN(S(=O)(=O)c2ccccc2[N+](=O)[O-])CC1. The number of fused-ring (bicyclic) bond motifs is 1. The van der Waals surface area contributed by atoms with E-state index < -0.39 is 20.6 Å². The predicted octanol–water partition coefficient (Wildman–Crippen LogP) is 4.26. The third kappa shape index (κ3) is 4.01. The first-order valence-electron chi connectivity index (χ1n) is 9.10. The summed E-state index contributed by atoms with van der Waals surface area (Å²) in [5.41, 5.74) is -0.475. The molecule has 1 amide bonds. The molecule has 0 saturated carbocycles. The van der Waals surface area contributed by atoms with E-state index in [4.69, 9.17) is 23.2 Å². The van der Waals surface area contributed by atoms with Crippen LogP contribution < -0.4 is 0 Å². The average molecular weight is 500 g/mol. The van der Waals surface area contributed by atoms with Gasteiger partial charge >= 0.3 is 0 Å². The Hall–Kier alpha value is -2.24. The molecule has 1 aromatic heterocycles. The van der Waals surface area contributed by atoms with Crippen molar-refractivity contribution in [2.24, 2.45) is 0 Å². The highest BCUT2D eigenvalue weighted by atomic mass is 35.5. The molecule has 0 aliphatic carbocycles. The van der Waals surface area contributed by atoms with Gasteiger partial charge in [-0.2, -0.15) is 4.31 Å². The lowest BCUT2D eigenvalue weighted by molar-refractivity contribution is -0.387. The zero-order valence-corrected chi connectivity index (χ0v) is 19.0. The number of sulfonamides is 1. The van der Waals surface area contributed by atoms with Crippen molar-refractivity contribution in [2.45, 2.75) is 4.90 Å². The van der Waals surface area contributed by atoms with Crippen LogP contribution in [0.4, 0.5) is 5.69 Å². The molecular weight excluding hydrogens is 485 g/mol. The normalized spacial score (nSPS) is 15.4. The van der Waals surface area contributed by atoms with Gasteiger partial charge in [0.1, 0.15) is 4.88 Å². The van der Waals surface area contributed by atoms with Crippen LogP contribution in [0.1, 0.15) is 9.67 Å². The summed E-state index contributed by atoms with van der Waals surface area (Å²) in [5, 5.41) is 12.8. The summed E-state index contributed by atoms with van der Waals surface area (Å²) < 4.78 is 27.8. The van der Waals surface area contributed by atoms with Crippen molar-refractivity contribution in [1.29, 1.82) is 0 Å². The fourth-order valence-corrected chi connectivity index (χ4v) is 6.75. The van der Waals surface area contributed by atoms with Gasteiger partial charge in [-0.15, -0.1) is 11.3 Å². The Labute approximate surface area is 191 Å². The van der Waals surface area contributed by atoms with Gasteiger partial charge < -0.3 is 4.90 Å². The molecule has 2 heterocycles. The lowest BCUT2D eigenvalue weighted by Gasteiger charge is -2.33. The second-order valence-electron chi connectivity index (χ2n) is 6.81. The summed E-state index contributed by atoms with van der Waals surface area (Å²) in [5.74, 6) is -0.287. The third-order valence-corrected chi connectivity index (χ3v) is 8.82. The van der Waals surface area contributed by atoms with Crippen LogP contribution in [0.2, 0.25) is 10.0 Å². The van der Waals surface area contributed by atoms with Crippen LogP contribution >= 0.6 is 34.5 Å². The van der Waals surface area contributed by atoms with Crippen molar-refractivity contribution in [2.75, 3.05) is 26.2 Å². The molecule has 0 unspecified atom stereocenters. The van der Waals surface area contributed by atoms with E-state index in [-0.39, 0.29) is 37.0 Å². The minimum atomic E-state index is -4.07. The largest absolute Gasteiger partial charge is 0.335 e.